The lowest BCUT2D eigenvalue weighted by molar-refractivity contribution is 0.154. The number of aromatic amines is 1. The summed E-state index contributed by atoms with van der Waals surface area (Å²) in [5.41, 5.74) is 2.88. The van der Waals surface area contributed by atoms with Crippen molar-refractivity contribution in [2.24, 2.45) is 5.92 Å². The molecule has 3 aromatic heterocycles. The fraction of sp³-hybridized carbons (Fsp3) is 0.524. The quantitative estimate of drug-likeness (QED) is 0.711. The minimum Gasteiger partial charge on any atom is -0.309 e. The highest BCUT2D eigenvalue weighted by atomic mass is 32.1. The molecule has 1 aliphatic heterocycles. The van der Waals surface area contributed by atoms with Crippen LogP contribution in [0, 0.1) is 5.92 Å². The molecule has 4 heterocycles. The Hall–Kier alpha value is -1.50. The van der Waals surface area contributed by atoms with Gasteiger partial charge in [-0.2, -0.15) is 0 Å². The first-order valence-corrected chi connectivity index (χ1v) is 11.8. The highest BCUT2D eigenvalue weighted by Gasteiger charge is 2.40. The molecule has 1 fully saturated rings. The van der Waals surface area contributed by atoms with Crippen molar-refractivity contribution in [2.75, 3.05) is 6.54 Å². The number of fused-ring (bicyclic) bond motifs is 4. The molecule has 0 unspecified atom stereocenters. The van der Waals surface area contributed by atoms with Crippen LogP contribution in [0.4, 0.5) is 0 Å². The van der Waals surface area contributed by atoms with Crippen LogP contribution in [-0.4, -0.2) is 21.4 Å². The van der Waals surface area contributed by atoms with Crippen LogP contribution < -0.4 is 5.56 Å². The Morgan fingerprint density at radius 3 is 2.96 bits per heavy atom. The van der Waals surface area contributed by atoms with Crippen molar-refractivity contribution in [1.82, 2.24) is 14.9 Å². The summed E-state index contributed by atoms with van der Waals surface area (Å²) < 4.78 is 0. The predicted molar refractivity (Wildman–Crippen MR) is 111 cm³/mol. The maximum Gasteiger partial charge on any atom is 0.259 e. The lowest BCUT2D eigenvalue weighted by atomic mass is 9.96. The van der Waals surface area contributed by atoms with Gasteiger partial charge in [0.15, 0.2) is 0 Å². The Labute approximate surface area is 166 Å². The van der Waals surface area contributed by atoms with Crippen molar-refractivity contribution in [3.8, 4) is 0 Å². The molecule has 0 radical (unpaired) electrons. The molecule has 0 amide bonds. The summed E-state index contributed by atoms with van der Waals surface area (Å²) in [7, 11) is 0. The summed E-state index contributed by atoms with van der Waals surface area (Å²) in [5, 5.41) is 3.11. The highest BCUT2D eigenvalue weighted by Crippen LogP contribution is 2.48. The van der Waals surface area contributed by atoms with Crippen molar-refractivity contribution in [3.05, 3.63) is 48.5 Å². The molecule has 140 valence electrons. The van der Waals surface area contributed by atoms with E-state index < -0.39 is 0 Å². The van der Waals surface area contributed by atoms with E-state index in [1.807, 2.05) is 11.3 Å². The third kappa shape index (κ3) is 2.72. The van der Waals surface area contributed by atoms with Crippen molar-refractivity contribution in [1.29, 1.82) is 0 Å². The van der Waals surface area contributed by atoms with Crippen LogP contribution in [-0.2, 0) is 25.8 Å². The summed E-state index contributed by atoms with van der Waals surface area (Å²) in [6.07, 6.45) is 8.37. The summed E-state index contributed by atoms with van der Waals surface area (Å²) >= 11 is 3.66. The maximum atomic E-state index is 12.9. The average Bonchev–Trinajstić information content (AvgIpc) is 3.25. The minimum atomic E-state index is 0.0746. The molecule has 0 aromatic carbocycles. The first-order valence-electron chi connectivity index (χ1n) is 10.1. The summed E-state index contributed by atoms with van der Waals surface area (Å²) in [4.78, 5) is 27.4. The molecule has 1 saturated carbocycles. The number of nitrogens with one attached hydrogen (secondary N) is 1. The number of aromatic nitrogens is 2. The first kappa shape index (κ1) is 16.5. The zero-order valence-electron chi connectivity index (χ0n) is 15.3. The molecule has 0 saturated heterocycles. The second-order valence-electron chi connectivity index (χ2n) is 8.21. The van der Waals surface area contributed by atoms with Gasteiger partial charge in [-0.3, -0.25) is 9.69 Å². The van der Waals surface area contributed by atoms with Crippen LogP contribution in [0.1, 0.15) is 58.4 Å². The van der Waals surface area contributed by atoms with Gasteiger partial charge in [-0.05, 0) is 73.4 Å². The molecular formula is C21H23N3OS2. The third-order valence-electron chi connectivity index (χ3n) is 6.41. The Balaban J connectivity index is 1.36. The van der Waals surface area contributed by atoms with Gasteiger partial charge in [-0.25, -0.2) is 4.98 Å². The summed E-state index contributed by atoms with van der Waals surface area (Å²) in [6, 6.07) is 2.83. The number of hydrogen-bond acceptors (Lipinski definition) is 5. The summed E-state index contributed by atoms with van der Waals surface area (Å²) in [5.74, 6) is 1.62. The van der Waals surface area contributed by atoms with Gasteiger partial charge in [-0.15, -0.1) is 22.7 Å². The van der Waals surface area contributed by atoms with E-state index in [1.54, 1.807) is 16.2 Å². The topological polar surface area (TPSA) is 49.0 Å². The molecule has 1 atom stereocenters. The van der Waals surface area contributed by atoms with Gasteiger partial charge in [0.25, 0.3) is 5.56 Å². The molecule has 1 N–H and O–H groups in total. The number of hydrogen-bond donors (Lipinski definition) is 1. The molecule has 0 spiro atoms. The normalized spacial score (nSPS) is 22.7. The molecule has 6 heteroatoms. The van der Waals surface area contributed by atoms with E-state index in [0.717, 1.165) is 54.3 Å². The van der Waals surface area contributed by atoms with E-state index in [0.29, 0.717) is 6.04 Å². The van der Waals surface area contributed by atoms with E-state index in [9.17, 15) is 4.79 Å². The van der Waals surface area contributed by atoms with Crippen molar-refractivity contribution < 1.29 is 0 Å². The van der Waals surface area contributed by atoms with Crippen LogP contribution in [0.25, 0.3) is 10.2 Å². The fourth-order valence-electron chi connectivity index (χ4n) is 5.02. The monoisotopic (exact) mass is 397 g/mol. The smallest absolute Gasteiger partial charge is 0.259 e. The molecule has 2 aliphatic carbocycles. The maximum absolute atomic E-state index is 12.9. The number of H-pyrrole nitrogens is 1. The molecule has 4 nitrogen and oxygen atoms in total. The van der Waals surface area contributed by atoms with Gasteiger partial charge in [0.1, 0.15) is 10.7 Å². The van der Waals surface area contributed by atoms with Crippen molar-refractivity contribution in [3.63, 3.8) is 0 Å². The second kappa shape index (κ2) is 6.26. The van der Waals surface area contributed by atoms with E-state index in [-0.39, 0.29) is 5.56 Å². The minimum absolute atomic E-state index is 0.0746. The molecule has 0 bridgehead atoms. The SMILES string of the molecule is O=c1[nH]c(CN2CCc3sccc3[C@@H]2C2CC2)nc2sc3c(c12)CCCC3. The van der Waals surface area contributed by atoms with Crippen LogP contribution in [0.2, 0.25) is 0 Å². The fourth-order valence-corrected chi connectivity index (χ4v) is 7.21. The van der Waals surface area contributed by atoms with E-state index in [4.69, 9.17) is 4.98 Å². The van der Waals surface area contributed by atoms with Gasteiger partial charge < -0.3 is 4.98 Å². The molecule has 3 aliphatic rings. The Morgan fingerprint density at radius 1 is 1.19 bits per heavy atom. The lowest BCUT2D eigenvalue weighted by Crippen LogP contribution is -2.36. The zero-order valence-corrected chi connectivity index (χ0v) is 16.9. The molecular weight excluding hydrogens is 374 g/mol. The van der Waals surface area contributed by atoms with Crippen LogP contribution >= 0.6 is 22.7 Å². The third-order valence-corrected chi connectivity index (χ3v) is 8.60. The second-order valence-corrected chi connectivity index (χ2v) is 10.3. The van der Waals surface area contributed by atoms with Crippen LogP contribution in [0.5, 0.6) is 0 Å². The van der Waals surface area contributed by atoms with Crippen LogP contribution in [0.3, 0.4) is 0 Å². The van der Waals surface area contributed by atoms with E-state index >= 15 is 0 Å². The van der Waals surface area contributed by atoms with Crippen molar-refractivity contribution in [2.45, 2.75) is 57.5 Å². The number of nitrogens with zero attached hydrogens (tertiary/aromatic N) is 2. The molecule has 27 heavy (non-hydrogen) atoms. The van der Waals surface area contributed by atoms with Gasteiger partial charge in [0.2, 0.25) is 0 Å². The van der Waals surface area contributed by atoms with Crippen molar-refractivity contribution >= 4 is 32.9 Å². The highest BCUT2D eigenvalue weighted by molar-refractivity contribution is 7.18. The van der Waals surface area contributed by atoms with Crippen LogP contribution in [0.15, 0.2) is 16.2 Å². The van der Waals surface area contributed by atoms with Gasteiger partial charge in [-0.1, -0.05) is 0 Å². The van der Waals surface area contributed by atoms with Gasteiger partial charge in [0, 0.05) is 22.3 Å². The van der Waals surface area contributed by atoms with Gasteiger partial charge in [0.05, 0.1) is 11.9 Å². The summed E-state index contributed by atoms with van der Waals surface area (Å²) in [6.45, 7) is 1.82. The first-order chi connectivity index (χ1) is 13.3. The average molecular weight is 398 g/mol. The molecule has 6 rings (SSSR count). The number of aryl methyl sites for hydroxylation is 2. The Bertz CT molecular complexity index is 1070. The Morgan fingerprint density at radius 2 is 2.07 bits per heavy atom. The van der Waals surface area contributed by atoms with Gasteiger partial charge >= 0.3 is 0 Å². The standard InChI is InChI=1S/C21H23N3OS2/c25-20-18-13-3-1-2-4-16(13)27-21(18)23-17(22-20)11-24-9-7-15-14(8-10-26-15)19(24)12-5-6-12/h8,10,12,19H,1-7,9,11H2,(H,22,23,25)/t19-/m0/s1. The lowest BCUT2D eigenvalue weighted by Gasteiger charge is -2.35. The number of rotatable bonds is 3. The number of thiophene rings is 2. The van der Waals surface area contributed by atoms with E-state index in [2.05, 4.69) is 21.3 Å². The molecule has 3 aromatic rings. The van der Waals surface area contributed by atoms with E-state index in [1.165, 1.54) is 41.7 Å². The zero-order chi connectivity index (χ0) is 18.0. The predicted octanol–water partition coefficient (Wildman–Crippen LogP) is 4.43. The largest absolute Gasteiger partial charge is 0.309 e. The Kier molecular flexibility index (Phi) is 3.81.